The summed E-state index contributed by atoms with van der Waals surface area (Å²) in [6.07, 6.45) is 2.03. The van der Waals surface area contributed by atoms with E-state index in [2.05, 4.69) is 34.6 Å². The van der Waals surface area contributed by atoms with E-state index in [1.165, 1.54) is 5.56 Å². The van der Waals surface area contributed by atoms with Gasteiger partial charge >= 0.3 is 0 Å². The first-order chi connectivity index (χ1) is 7.16. The van der Waals surface area contributed by atoms with Crippen LogP contribution in [-0.2, 0) is 6.54 Å². The lowest BCUT2D eigenvalue weighted by atomic mass is 10.2. The first kappa shape index (κ1) is 11.0. The van der Waals surface area contributed by atoms with Crippen LogP contribution in [0.1, 0.15) is 11.1 Å². The van der Waals surface area contributed by atoms with Gasteiger partial charge in [-0.25, -0.2) is 0 Å². The van der Waals surface area contributed by atoms with E-state index in [0.29, 0.717) is 0 Å². The Bertz CT molecular complexity index is 460. The molecule has 0 aliphatic rings. The summed E-state index contributed by atoms with van der Waals surface area (Å²) in [5.41, 5.74) is 2.29. The van der Waals surface area contributed by atoms with Gasteiger partial charge in [0.25, 0.3) is 0 Å². The second kappa shape index (κ2) is 4.53. The molecule has 0 fully saturated rings. The molecule has 0 saturated carbocycles. The first-order valence-electron chi connectivity index (χ1n) is 4.60. The number of aryl methyl sites for hydroxylation is 1. The van der Waals surface area contributed by atoms with Gasteiger partial charge in [-0.2, -0.15) is 5.10 Å². The molecule has 0 N–H and O–H groups in total. The summed E-state index contributed by atoms with van der Waals surface area (Å²) in [4.78, 5) is 0. The van der Waals surface area contributed by atoms with E-state index in [4.69, 9.17) is 11.6 Å². The van der Waals surface area contributed by atoms with Crippen molar-refractivity contribution in [3.05, 3.63) is 50.3 Å². The maximum Gasteiger partial charge on any atom is 0.126 e. The van der Waals surface area contributed by atoms with Crippen molar-refractivity contribution >= 4 is 34.2 Å². The summed E-state index contributed by atoms with van der Waals surface area (Å²) in [5.74, 6) is 0. The van der Waals surface area contributed by atoms with Crippen LogP contribution < -0.4 is 0 Å². The molecule has 0 aliphatic heterocycles. The lowest BCUT2D eigenvalue weighted by molar-refractivity contribution is 0.681. The fraction of sp³-hybridized carbons (Fsp3) is 0.182. The lowest BCUT2D eigenvalue weighted by Crippen LogP contribution is -2.00. The van der Waals surface area contributed by atoms with Crippen molar-refractivity contribution in [3.63, 3.8) is 0 Å². The molecule has 1 aromatic heterocycles. The fourth-order valence-corrected chi connectivity index (χ4v) is 1.99. The molecule has 0 atom stereocenters. The van der Waals surface area contributed by atoms with E-state index >= 15 is 0 Å². The molecule has 4 heteroatoms. The summed E-state index contributed by atoms with van der Waals surface area (Å²) in [7, 11) is 0. The Morgan fingerprint density at radius 2 is 2.13 bits per heavy atom. The van der Waals surface area contributed by atoms with Crippen molar-refractivity contribution in [3.8, 4) is 0 Å². The molecule has 0 bridgehead atoms. The summed E-state index contributed by atoms with van der Waals surface area (Å²) in [6, 6.07) is 7.84. The average Bonchev–Trinajstić information content (AvgIpc) is 2.50. The molecular weight excluding hydrogens is 322 g/mol. The van der Waals surface area contributed by atoms with Crippen molar-refractivity contribution in [1.82, 2.24) is 9.78 Å². The molecule has 0 saturated heterocycles. The smallest absolute Gasteiger partial charge is 0.126 e. The topological polar surface area (TPSA) is 17.8 Å². The zero-order valence-corrected chi connectivity index (χ0v) is 11.2. The van der Waals surface area contributed by atoms with Gasteiger partial charge in [0.1, 0.15) is 3.70 Å². The summed E-state index contributed by atoms with van der Waals surface area (Å²) in [6.45, 7) is 2.78. The number of halogens is 2. The maximum atomic E-state index is 6.08. The van der Waals surface area contributed by atoms with Gasteiger partial charge in [0.15, 0.2) is 0 Å². The molecule has 2 aromatic rings. The molecule has 0 unspecified atom stereocenters. The Balaban J connectivity index is 2.26. The van der Waals surface area contributed by atoms with Gasteiger partial charge in [-0.3, -0.25) is 4.68 Å². The van der Waals surface area contributed by atoms with Crippen LogP contribution in [0.5, 0.6) is 0 Å². The minimum Gasteiger partial charge on any atom is -0.267 e. The SMILES string of the molecule is Cc1cn(Cc2ccccc2Cl)nc1I. The number of hydrogen-bond donors (Lipinski definition) is 0. The van der Waals surface area contributed by atoms with E-state index in [-0.39, 0.29) is 0 Å². The number of nitrogens with zero attached hydrogens (tertiary/aromatic N) is 2. The van der Waals surface area contributed by atoms with Crippen LogP contribution in [0.25, 0.3) is 0 Å². The lowest BCUT2D eigenvalue weighted by Gasteiger charge is -2.03. The molecule has 0 amide bonds. The molecule has 1 heterocycles. The predicted molar refractivity (Wildman–Crippen MR) is 70.2 cm³/mol. The van der Waals surface area contributed by atoms with E-state index in [0.717, 1.165) is 20.8 Å². The molecule has 2 rings (SSSR count). The van der Waals surface area contributed by atoms with Crippen LogP contribution in [0.2, 0.25) is 5.02 Å². The van der Waals surface area contributed by atoms with Crippen molar-refractivity contribution in [1.29, 1.82) is 0 Å². The zero-order chi connectivity index (χ0) is 10.8. The van der Waals surface area contributed by atoms with Crippen LogP contribution in [0.15, 0.2) is 30.5 Å². The molecule has 78 valence electrons. The Morgan fingerprint density at radius 3 is 2.73 bits per heavy atom. The van der Waals surface area contributed by atoms with Crippen LogP contribution in [0.3, 0.4) is 0 Å². The van der Waals surface area contributed by atoms with Gasteiger partial charge in [0, 0.05) is 16.8 Å². The highest BCUT2D eigenvalue weighted by atomic mass is 127. The Kier molecular flexibility index (Phi) is 3.31. The second-order valence-electron chi connectivity index (χ2n) is 3.39. The molecule has 1 aromatic carbocycles. The van der Waals surface area contributed by atoms with Gasteiger partial charge in [0.05, 0.1) is 6.54 Å². The minimum atomic E-state index is 0.726. The quantitative estimate of drug-likeness (QED) is 0.770. The maximum absolute atomic E-state index is 6.08. The third kappa shape index (κ3) is 2.52. The number of benzene rings is 1. The highest BCUT2D eigenvalue weighted by Gasteiger charge is 2.04. The first-order valence-corrected chi connectivity index (χ1v) is 6.05. The minimum absolute atomic E-state index is 0.726. The predicted octanol–water partition coefficient (Wildman–Crippen LogP) is 3.50. The molecule has 0 aliphatic carbocycles. The van der Waals surface area contributed by atoms with Crippen molar-refractivity contribution in [2.45, 2.75) is 13.5 Å². The largest absolute Gasteiger partial charge is 0.267 e. The van der Waals surface area contributed by atoms with Crippen LogP contribution in [-0.4, -0.2) is 9.78 Å². The molecular formula is C11H10ClIN2. The standard InChI is InChI=1S/C11H10ClIN2/c1-8-6-15(14-11(8)13)7-9-4-2-3-5-10(9)12/h2-6H,7H2,1H3. The van der Waals surface area contributed by atoms with Crippen LogP contribution >= 0.6 is 34.2 Å². The fourth-order valence-electron chi connectivity index (χ4n) is 1.38. The summed E-state index contributed by atoms with van der Waals surface area (Å²) < 4.78 is 2.96. The van der Waals surface area contributed by atoms with Gasteiger partial charge < -0.3 is 0 Å². The van der Waals surface area contributed by atoms with E-state index in [9.17, 15) is 0 Å². The van der Waals surface area contributed by atoms with E-state index < -0.39 is 0 Å². The Morgan fingerprint density at radius 1 is 1.40 bits per heavy atom. The third-order valence-corrected chi connectivity index (χ3v) is 3.61. The molecule has 2 nitrogen and oxygen atoms in total. The van der Waals surface area contributed by atoms with Gasteiger partial charge in [0.2, 0.25) is 0 Å². The van der Waals surface area contributed by atoms with Crippen molar-refractivity contribution < 1.29 is 0 Å². The average molecular weight is 333 g/mol. The monoisotopic (exact) mass is 332 g/mol. The number of hydrogen-bond acceptors (Lipinski definition) is 1. The van der Waals surface area contributed by atoms with Gasteiger partial charge in [-0.05, 0) is 41.1 Å². The van der Waals surface area contributed by atoms with Gasteiger partial charge in [-0.15, -0.1) is 0 Å². The third-order valence-electron chi connectivity index (χ3n) is 2.17. The summed E-state index contributed by atoms with van der Waals surface area (Å²) >= 11 is 8.31. The van der Waals surface area contributed by atoms with Crippen molar-refractivity contribution in [2.75, 3.05) is 0 Å². The van der Waals surface area contributed by atoms with Crippen LogP contribution in [0.4, 0.5) is 0 Å². The van der Waals surface area contributed by atoms with Crippen molar-refractivity contribution in [2.24, 2.45) is 0 Å². The zero-order valence-electron chi connectivity index (χ0n) is 8.24. The second-order valence-corrected chi connectivity index (χ2v) is 4.82. The molecule has 0 radical (unpaired) electrons. The molecule has 0 spiro atoms. The summed E-state index contributed by atoms with van der Waals surface area (Å²) in [5, 5.41) is 5.18. The normalized spacial score (nSPS) is 10.6. The highest BCUT2D eigenvalue weighted by molar-refractivity contribution is 14.1. The highest BCUT2D eigenvalue weighted by Crippen LogP contribution is 2.17. The molecule has 15 heavy (non-hydrogen) atoms. The van der Waals surface area contributed by atoms with E-state index in [1.54, 1.807) is 0 Å². The number of aromatic nitrogens is 2. The van der Waals surface area contributed by atoms with E-state index in [1.807, 2.05) is 35.1 Å². The Hall–Kier alpha value is -0.550. The van der Waals surface area contributed by atoms with Gasteiger partial charge in [-0.1, -0.05) is 29.8 Å². The number of rotatable bonds is 2. The van der Waals surface area contributed by atoms with Crippen LogP contribution in [0, 0.1) is 10.6 Å². The Labute approximate surface area is 107 Å².